The molecule has 5 nitrogen and oxygen atoms in total. The fourth-order valence-electron chi connectivity index (χ4n) is 2.32. The number of nitrogens with zero attached hydrogens (tertiary/aromatic N) is 2. The molecular formula is C16H22N2O3. The largest absolute Gasteiger partial charge is 0.508 e. The van der Waals surface area contributed by atoms with Gasteiger partial charge in [-0.25, -0.2) is 0 Å². The smallest absolute Gasteiger partial charge is 0.226 e. The van der Waals surface area contributed by atoms with E-state index < -0.39 is 0 Å². The molecule has 1 N–H and O–H groups in total. The Morgan fingerprint density at radius 3 is 2.52 bits per heavy atom. The Morgan fingerprint density at radius 1 is 1.24 bits per heavy atom. The van der Waals surface area contributed by atoms with E-state index in [1.165, 1.54) is 0 Å². The van der Waals surface area contributed by atoms with Crippen LogP contribution in [0.25, 0.3) is 0 Å². The van der Waals surface area contributed by atoms with Crippen molar-refractivity contribution in [2.24, 2.45) is 0 Å². The summed E-state index contributed by atoms with van der Waals surface area (Å²) in [4.78, 5) is 16.2. The number of carbonyl (C=O) groups excluding carboxylic acids is 1. The van der Waals surface area contributed by atoms with Crippen LogP contribution in [0.3, 0.4) is 0 Å². The normalized spacial score (nSPS) is 15.7. The maximum atomic E-state index is 12.1. The molecule has 1 fully saturated rings. The van der Waals surface area contributed by atoms with Crippen LogP contribution in [0, 0.1) is 0 Å². The molecule has 0 spiro atoms. The minimum absolute atomic E-state index is 0.132. The number of benzene rings is 1. The van der Waals surface area contributed by atoms with Crippen molar-refractivity contribution in [3.8, 4) is 11.5 Å². The molecule has 114 valence electrons. The number of amides is 1. The molecule has 1 aromatic carbocycles. The second-order valence-electron chi connectivity index (χ2n) is 5.06. The predicted molar refractivity (Wildman–Crippen MR) is 81.4 cm³/mol. The van der Waals surface area contributed by atoms with Crippen LogP contribution in [-0.2, 0) is 4.79 Å². The zero-order valence-electron chi connectivity index (χ0n) is 12.2. The lowest BCUT2D eigenvalue weighted by Gasteiger charge is -2.34. The first-order valence-electron chi connectivity index (χ1n) is 7.22. The van der Waals surface area contributed by atoms with E-state index in [9.17, 15) is 9.90 Å². The van der Waals surface area contributed by atoms with Crippen LogP contribution in [0.1, 0.15) is 6.42 Å². The molecule has 1 aliphatic heterocycles. The van der Waals surface area contributed by atoms with Crippen LogP contribution in [0.15, 0.2) is 36.9 Å². The maximum Gasteiger partial charge on any atom is 0.226 e. The summed E-state index contributed by atoms with van der Waals surface area (Å²) < 4.78 is 5.50. The molecule has 0 radical (unpaired) electrons. The van der Waals surface area contributed by atoms with E-state index in [1.54, 1.807) is 24.3 Å². The average molecular weight is 290 g/mol. The third-order valence-corrected chi connectivity index (χ3v) is 3.53. The van der Waals surface area contributed by atoms with Crippen LogP contribution < -0.4 is 4.74 Å². The zero-order valence-corrected chi connectivity index (χ0v) is 12.2. The van der Waals surface area contributed by atoms with Gasteiger partial charge in [0.25, 0.3) is 0 Å². The molecular weight excluding hydrogens is 268 g/mol. The third kappa shape index (κ3) is 4.79. The monoisotopic (exact) mass is 290 g/mol. The highest BCUT2D eigenvalue weighted by Gasteiger charge is 2.19. The van der Waals surface area contributed by atoms with Crippen molar-refractivity contribution in [3.63, 3.8) is 0 Å². The van der Waals surface area contributed by atoms with Gasteiger partial charge < -0.3 is 14.7 Å². The van der Waals surface area contributed by atoms with E-state index in [0.29, 0.717) is 18.8 Å². The molecule has 1 amide bonds. The lowest BCUT2D eigenvalue weighted by molar-refractivity contribution is -0.133. The van der Waals surface area contributed by atoms with Crippen molar-refractivity contribution >= 4 is 5.91 Å². The Balaban J connectivity index is 1.68. The second-order valence-corrected chi connectivity index (χ2v) is 5.06. The minimum atomic E-state index is 0.132. The van der Waals surface area contributed by atoms with Crippen molar-refractivity contribution < 1.29 is 14.6 Å². The molecule has 2 rings (SSSR count). The Hall–Kier alpha value is -2.01. The van der Waals surface area contributed by atoms with Gasteiger partial charge >= 0.3 is 0 Å². The first-order valence-corrected chi connectivity index (χ1v) is 7.22. The van der Waals surface area contributed by atoms with E-state index in [2.05, 4.69) is 11.5 Å². The molecule has 0 unspecified atom stereocenters. The third-order valence-electron chi connectivity index (χ3n) is 3.53. The van der Waals surface area contributed by atoms with Gasteiger partial charge in [-0.1, -0.05) is 6.08 Å². The fourth-order valence-corrected chi connectivity index (χ4v) is 2.32. The Bertz CT molecular complexity index is 465. The molecule has 1 aromatic rings. The van der Waals surface area contributed by atoms with E-state index in [0.717, 1.165) is 32.7 Å². The molecule has 0 atom stereocenters. The summed E-state index contributed by atoms with van der Waals surface area (Å²) in [7, 11) is 0. The number of carbonyl (C=O) groups is 1. The van der Waals surface area contributed by atoms with Gasteiger partial charge in [0.1, 0.15) is 11.5 Å². The number of rotatable bonds is 6. The Morgan fingerprint density at radius 2 is 1.90 bits per heavy atom. The van der Waals surface area contributed by atoms with Gasteiger partial charge in [-0.3, -0.25) is 9.69 Å². The summed E-state index contributed by atoms with van der Waals surface area (Å²) in [6.45, 7) is 8.31. The molecule has 5 heteroatoms. The average Bonchev–Trinajstić information content (AvgIpc) is 2.50. The van der Waals surface area contributed by atoms with E-state index in [-0.39, 0.29) is 11.7 Å². The molecule has 0 aliphatic carbocycles. The van der Waals surface area contributed by atoms with Gasteiger partial charge in [-0.2, -0.15) is 0 Å². The minimum Gasteiger partial charge on any atom is -0.508 e. The molecule has 1 saturated heterocycles. The number of piperazine rings is 1. The fraction of sp³-hybridized carbons (Fsp3) is 0.438. The van der Waals surface area contributed by atoms with Crippen LogP contribution in [0.4, 0.5) is 0 Å². The van der Waals surface area contributed by atoms with Crippen LogP contribution in [0.5, 0.6) is 11.5 Å². The van der Waals surface area contributed by atoms with Crippen molar-refractivity contribution in [1.29, 1.82) is 0 Å². The number of phenols is 1. The van der Waals surface area contributed by atoms with Gasteiger partial charge in [0.15, 0.2) is 0 Å². The zero-order chi connectivity index (χ0) is 15.1. The summed E-state index contributed by atoms with van der Waals surface area (Å²) in [5.41, 5.74) is 0. The number of hydrogen-bond donors (Lipinski definition) is 1. The quantitative estimate of drug-likeness (QED) is 0.807. The SMILES string of the molecule is C=CCN1CCN(C(=O)CCOc2ccc(O)cc2)CC1. The topological polar surface area (TPSA) is 53.0 Å². The van der Waals surface area contributed by atoms with Crippen molar-refractivity contribution in [2.45, 2.75) is 6.42 Å². The van der Waals surface area contributed by atoms with Gasteiger partial charge in [0.05, 0.1) is 13.0 Å². The van der Waals surface area contributed by atoms with Gasteiger partial charge in [0.2, 0.25) is 5.91 Å². The van der Waals surface area contributed by atoms with Gasteiger partial charge in [0, 0.05) is 32.7 Å². The summed E-state index contributed by atoms with van der Waals surface area (Å²) >= 11 is 0. The summed E-state index contributed by atoms with van der Waals surface area (Å²) in [6, 6.07) is 6.51. The summed E-state index contributed by atoms with van der Waals surface area (Å²) in [6.07, 6.45) is 2.27. The predicted octanol–water partition coefficient (Wildman–Crippen LogP) is 1.49. The number of aromatic hydroxyl groups is 1. The van der Waals surface area contributed by atoms with E-state index >= 15 is 0 Å². The van der Waals surface area contributed by atoms with E-state index in [1.807, 2.05) is 11.0 Å². The van der Waals surface area contributed by atoms with Crippen molar-refractivity contribution in [1.82, 2.24) is 9.80 Å². The van der Waals surface area contributed by atoms with E-state index in [4.69, 9.17) is 4.74 Å². The number of phenolic OH excluding ortho intramolecular Hbond substituents is 1. The maximum absolute atomic E-state index is 12.1. The highest BCUT2D eigenvalue weighted by Crippen LogP contribution is 2.16. The molecule has 0 aromatic heterocycles. The second kappa shape index (κ2) is 7.69. The summed E-state index contributed by atoms with van der Waals surface area (Å²) in [5.74, 6) is 0.999. The van der Waals surface area contributed by atoms with Crippen LogP contribution >= 0.6 is 0 Å². The first kappa shape index (κ1) is 15.4. The molecule has 0 bridgehead atoms. The lowest BCUT2D eigenvalue weighted by atomic mass is 10.2. The number of ether oxygens (including phenoxy) is 1. The van der Waals surface area contributed by atoms with Gasteiger partial charge in [-0.15, -0.1) is 6.58 Å². The molecule has 1 heterocycles. The lowest BCUT2D eigenvalue weighted by Crippen LogP contribution is -2.48. The van der Waals surface area contributed by atoms with Gasteiger partial charge in [-0.05, 0) is 24.3 Å². The Kier molecular flexibility index (Phi) is 5.63. The Labute approximate surface area is 125 Å². The number of hydrogen-bond acceptors (Lipinski definition) is 4. The van der Waals surface area contributed by atoms with Crippen LogP contribution in [0.2, 0.25) is 0 Å². The van der Waals surface area contributed by atoms with Crippen molar-refractivity contribution in [2.75, 3.05) is 39.3 Å². The highest BCUT2D eigenvalue weighted by molar-refractivity contribution is 5.76. The van der Waals surface area contributed by atoms with Crippen molar-refractivity contribution in [3.05, 3.63) is 36.9 Å². The highest BCUT2D eigenvalue weighted by atomic mass is 16.5. The molecule has 1 aliphatic rings. The first-order chi connectivity index (χ1) is 10.2. The standard InChI is InChI=1S/C16H22N2O3/c1-2-8-17-9-11-18(12-10-17)16(20)7-13-21-15-5-3-14(19)4-6-15/h2-6,19H,1,7-13H2. The molecule has 0 saturated carbocycles. The summed E-state index contributed by atoms with van der Waals surface area (Å²) in [5, 5.41) is 9.17. The van der Waals surface area contributed by atoms with Crippen LogP contribution in [-0.4, -0.2) is 60.1 Å². The molecule has 21 heavy (non-hydrogen) atoms.